The number of methoxy groups -OCH3 is 1. The van der Waals surface area contributed by atoms with Crippen molar-refractivity contribution in [3.8, 4) is 11.5 Å². The minimum Gasteiger partial charge on any atom is -0.506 e. The number of anilines is 1. The van der Waals surface area contributed by atoms with Crippen LogP contribution >= 0.6 is 0 Å². The number of hydrogen-bond donors (Lipinski definition) is 2. The SMILES string of the molecule is COc1ccc(S(=O)(=O)Nc2ccc(C)cc2O)cc1. The number of benzene rings is 2. The molecule has 2 aromatic rings. The number of phenolic OH excluding ortho intramolecular Hbond substituents is 1. The maximum atomic E-state index is 12.2. The molecule has 0 aliphatic heterocycles. The topological polar surface area (TPSA) is 75.6 Å². The van der Waals surface area contributed by atoms with E-state index in [1.54, 1.807) is 18.2 Å². The summed E-state index contributed by atoms with van der Waals surface area (Å²) >= 11 is 0. The van der Waals surface area contributed by atoms with Gasteiger partial charge in [0.2, 0.25) is 0 Å². The third kappa shape index (κ3) is 3.03. The van der Waals surface area contributed by atoms with Crippen LogP contribution in [0, 0.1) is 6.92 Å². The zero-order valence-corrected chi connectivity index (χ0v) is 11.9. The minimum atomic E-state index is -3.74. The van der Waals surface area contributed by atoms with E-state index in [-0.39, 0.29) is 16.3 Å². The molecule has 2 aromatic carbocycles. The molecule has 5 nitrogen and oxygen atoms in total. The van der Waals surface area contributed by atoms with E-state index in [9.17, 15) is 13.5 Å². The van der Waals surface area contributed by atoms with Gasteiger partial charge in [-0.1, -0.05) is 6.07 Å². The lowest BCUT2D eigenvalue weighted by molar-refractivity contribution is 0.414. The molecule has 0 aliphatic rings. The second-order valence-corrected chi connectivity index (χ2v) is 5.98. The number of rotatable bonds is 4. The summed E-state index contributed by atoms with van der Waals surface area (Å²) in [5.74, 6) is 0.462. The minimum absolute atomic E-state index is 0.0956. The van der Waals surface area contributed by atoms with Gasteiger partial charge in [-0.3, -0.25) is 4.72 Å². The first-order chi connectivity index (χ1) is 9.42. The van der Waals surface area contributed by atoms with Crippen LogP contribution in [0.4, 0.5) is 5.69 Å². The Bertz CT molecular complexity index is 708. The highest BCUT2D eigenvalue weighted by molar-refractivity contribution is 7.92. The van der Waals surface area contributed by atoms with E-state index < -0.39 is 10.0 Å². The van der Waals surface area contributed by atoms with Crippen molar-refractivity contribution in [3.63, 3.8) is 0 Å². The highest BCUT2D eigenvalue weighted by Gasteiger charge is 2.16. The van der Waals surface area contributed by atoms with Crippen LogP contribution in [0.5, 0.6) is 11.5 Å². The zero-order chi connectivity index (χ0) is 14.8. The van der Waals surface area contributed by atoms with Gasteiger partial charge in [0.25, 0.3) is 10.0 Å². The van der Waals surface area contributed by atoms with Crippen LogP contribution in [0.1, 0.15) is 5.56 Å². The highest BCUT2D eigenvalue weighted by atomic mass is 32.2. The van der Waals surface area contributed by atoms with Crippen molar-refractivity contribution in [3.05, 3.63) is 48.0 Å². The monoisotopic (exact) mass is 293 g/mol. The summed E-state index contributed by atoms with van der Waals surface area (Å²) in [4.78, 5) is 0.0956. The summed E-state index contributed by atoms with van der Waals surface area (Å²) in [6.45, 7) is 1.81. The van der Waals surface area contributed by atoms with Crippen molar-refractivity contribution in [2.45, 2.75) is 11.8 Å². The first kappa shape index (κ1) is 14.2. The number of ether oxygens (including phenoxy) is 1. The van der Waals surface area contributed by atoms with E-state index in [0.717, 1.165) is 5.56 Å². The fourth-order valence-corrected chi connectivity index (χ4v) is 2.76. The van der Waals surface area contributed by atoms with E-state index in [4.69, 9.17) is 4.74 Å². The Labute approximate surface area is 117 Å². The normalized spacial score (nSPS) is 11.1. The lowest BCUT2D eigenvalue weighted by atomic mass is 10.2. The predicted octanol–water partition coefficient (Wildman–Crippen LogP) is 2.51. The first-order valence-corrected chi connectivity index (χ1v) is 7.37. The van der Waals surface area contributed by atoms with Crippen LogP contribution in [-0.4, -0.2) is 20.6 Å². The summed E-state index contributed by atoms with van der Waals surface area (Å²) in [6, 6.07) is 10.7. The smallest absolute Gasteiger partial charge is 0.262 e. The molecule has 2 rings (SSSR count). The predicted molar refractivity (Wildman–Crippen MR) is 76.6 cm³/mol. The van der Waals surface area contributed by atoms with Crippen molar-refractivity contribution in [1.82, 2.24) is 0 Å². The number of hydrogen-bond acceptors (Lipinski definition) is 4. The maximum absolute atomic E-state index is 12.2. The molecular weight excluding hydrogens is 278 g/mol. The number of sulfonamides is 1. The maximum Gasteiger partial charge on any atom is 0.262 e. The van der Waals surface area contributed by atoms with Crippen molar-refractivity contribution in [1.29, 1.82) is 0 Å². The Balaban J connectivity index is 2.30. The van der Waals surface area contributed by atoms with Gasteiger partial charge in [-0.05, 0) is 48.9 Å². The van der Waals surface area contributed by atoms with E-state index in [2.05, 4.69) is 4.72 Å². The molecule has 0 unspecified atom stereocenters. The molecule has 106 valence electrons. The molecule has 0 fully saturated rings. The quantitative estimate of drug-likeness (QED) is 0.849. The molecule has 0 spiro atoms. The lowest BCUT2D eigenvalue weighted by Gasteiger charge is -2.10. The third-order valence-corrected chi connectivity index (χ3v) is 4.15. The van der Waals surface area contributed by atoms with Crippen LogP contribution in [0.3, 0.4) is 0 Å². The Morgan fingerprint density at radius 1 is 1.10 bits per heavy atom. The van der Waals surface area contributed by atoms with Crippen LogP contribution < -0.4 is 9.46 Å². The fraction of sp³-hybridized carbons (Fsp3) is 0.143. The second kappa shape index (κ2) is 5.42. The van der Waals surface area contributed by atoms with Gasteiger partial charge in [-0.15, -0.1) is 0 Å². The summed E-state index contributed by atoms with van der Waals surface area (Å²) in [5, 5.41) is 9.74. The number of aromatic hydroxyl groups is 1. The Morgan fingerprint density at radius 2 is 1.75 bits per heavy atom. The summed E-state index contributed by atoms with van der Waals surface area (Å²) in [5.41, 5.74) is 0.987. The zero-order valence-electron chi connectivity index (χ0n) is 11.1. The van der Waals surface area contributed by atoms with Gasteiger partial charge in [0.1, 0.15) is 11.5 Å². The molecule has 0 atom stereocenters. The van der Waals surface area contributed by atoms with Gasteiger partial charge in [-0.2, -0.15) is 0 Å². The van der Waals surface area contributed by atoms with Gasteiger partial charge in [0.15, 0.2) is 0 Å². The lowest BCUT2D eigenvalue weighted by Crippen LogP contribution is -2.13. The van der Waals surface area contributed by atoms with Gasteiger partial charge >= 0.3 is 0 Å². The molecule has 0 saturated carbocycles. The van der Waals surface area contributed by atoms with E-state index in [1.165, 1.54) is 31.4 Å². The molecule has 20 heavy (non-hydrogen) atoms. The number of phenols is 1. The van der Waals surface area contributed by atoms with Crippen LogP contribution in [0.2, 0.25) is 0 Å². The molecule has 2 N–H and O–H groups in total. The Kier molecular flexibility index (Phi) is 3.85. The average Bonchev–Trinajstić information content (AvgIpc) is 2.42. The van der Waals surface area contributed by atoms with Crippen LogP contribution in [0.15, 0.2) is 47.4 Å². The standard InChI is InChI=1S/C14H15NO4S/c1-10-3-8-13(14(16)9-10)15-20(17,18)12-6-4-11(19-2)5-7-12/h3-9,15-16H,1-2H3. The molecule has 0 aliphatic carbocycles. The van der Waals surface area contributed by atoms with Crippen LogP contribution in [-0.2, 0) is 10.0 Å². The molecule has 0 aromatic heterocycles. The van der Waals surface area contributed by atoms with Crippen LogP contribution in [0.25, 0.3) is 0 Å². The third-order valence-electron chi connectivity index (χ3n) is 2.77. The average molecular weight is 293 g/mol. The van der Waals surface area contributed by atoms with Crippen molar-refractivity contribution < 1.29 is 18.3 Å². The van der Waals surface area contributed by atoms with Gasteiger partial charge in [-0.25, -0.2) is 8.42 Å². The van der Waals surface area contributed by atoms with Gasteiger partial charge in [0.05, 0.1) is 17.7 Å². The Hall–Kier alpha value is -2.21. The van der Waals surface area contributed by atoms with E-state index in [1.807, 2.05) is 6.92 Å². The van der Waals surface area contributed by atoms with E-state index >= 15 is 0 Å². The van der Waals surface area contributed by atoms with Crippen molar-refractivity contribution in [2.75, 3.05) is 11.8 Å². The molecule has 0 radical (unpaired) electrons. The second-order valence-electron chi connectivity index (χ2n) is 4.30. The van der Waals surface area contributed by atoms with Gasteiger partial charge < -0.3 is 9.84 Å². The first-order valence-electron chi connectivity index (χ1n) is 5.89. The van der Waals surface area contributed by atoms with Crippen molar-refractivity contribution in [2.24, 2.45) is 0 Å². The molecule has 0 amide bonds. The summed E-state index contributed by atoms with van der Waals surface area (Å²) in [7, 11) is -2.23. The number of aryl methyl sites for hydroxylation is 1. The molecule has 0 saturated heterocycles. The molecule has 0 heterocycles. The summed E-state index contributed by atoms with van der Waals surface area (Å²) < 4.78 is 31.7. The highest BCUT2D eigenvalue weighted by Crippen LogP contribution is 2.27. The Morgan fingerprint density at radius 3 is 2.30 bits per heavy atom. The fourth-order valence-electron chi connectivity index (χ4n) is 1.69. The molecular formula is C14H15NO4S. The van der Waals surface area contributed by atoms with Gasteiger partial charge in [0, 0.05) is 0 Å². The molecule has 6 heteroatoms. The molecule has 0 bridgehead atoms. The van der Waals surface area contributed by atoms with Crippen molar-refractivity contribution >= 4 is 15.7 Å². The largest absolute Gasteiger partial charge is 0.506 e. The van der Waals surface area contributed by atoms with E-state index in [0.29, 0.717) is 5.75 Å². The number of nitrogens with one attached hydrogen (secondary N) is 1. The summed E-state index contributed by atoms with van der Waals surface area (Å²) in [6.07, 6.45) is 0.